The zero-order chi connectivity index (χ0) is 20.9. The number of carbonyl (C=O) groups is 2. The van der Waals surface area contributed by atoms with E-state index in [1.54, 1.807) is 24.3 Å². The van der Waals surface area contributed by atoms with Crippen molar-refractivity contribution in [2.75, 3.05) is 42.1 Å². The van der Waals surface area contributed by atoms with Gasteiger partial charge in [0.05, 0.1) is 12.2 Å². The van der Waals surface area contributed by atoms with Crippen LogP contribution in [0.5, 0.6) is 0 Å². The molecule has 0 saturated carbocycles. The van der Waals surface area contributed by atoms with Crippen molar-refractivity contribution < 1.29 is 14.1 Å². The van der Waals surface area contributed by atoms with Gasteiger partial charge in [0.25, 0.3) is 0 Å². The van der Waals surface area contributed by atoms with Gasteiger partial charge in [-0.25, -0.2) is 0 Å². The van der Waals surface area contributed by atoms with E-state index in [4.69, 9.17) is 4.52 Å². The second kappa shape index (κ2) is 9.58. The number of piperazine rings is 1. The number of hydrogen-bond acceptors (Lipinski definition) is 10. The number of carbonyl (C=O) groups excluding carboxylic acids is 2. The first-order chi connectivity index (χ1) is 14.6. The van der Waals surface area contributed by atoms with E-state index in [1.807, 2.05) is 22.4 Å². The summed E-state index contributed by atoms with van der Waals surface area (Å²) in [7, 11) is 0. The molecule has 3 aromatic rings. The summed E-state index contributed by atoms with van der Waals surface area (Å²) >= 11 is 4.40. The Morgan fingerprint density at radius 1 is 1.27 bits per heavy atom. The number of thioether (sulfide) groups is 1. The summed E-state index contributed by atoms with van der Waals surface area (Å²) in [5, 5.41) is 17.6. The minimum absolute atomic E-state index is 0.166. The molecule has 0 unspecified atom stereocenters. The molecule has 3 aromatic heterocycles. The number of hydrogen-bond donors (Lipinski definition) is 1. The average molecular weight is 465 g/mol. The molecule has 4 rings (SSSR count). The van der Waals surface area contributed by atoms with Crippen LogP contribution in [0.15, 0.2) is 32.4 Å². The van der Waals surface area contributed by atoms with Crippen LogP contribution in [-0.2, 0) is 16.0 Å². The van der Waals surface area contributed by atoms with Crippen LogP contribution in [0.2, 0.25) is 0 Å². The van der Waals surface area contributed by atoms with Gasteiger partial charge >= 0.3 is 0 Å². The van der Waals surface area contributed by atoms with Crippen LogP contribution in [0, 0.1) is 6.92 Å². The van der Waals surface area contributed by atoms with Gasteiger partial charge in [0.15, 0.2) is 10.2 Å². The van der Waals surface area contributed by atoms with Gasteiger partial charge in [0.1, 0.15) is 5.76 Å². The molecule has 0 aliphatic carbocycles. The van der Waals surface area contributed by atoms with Crippen LogP contribution in [0.25, 0.3) is 0 Å². The predicted octanol–water partition coefficient (Wildman–Crippen LogP) is 2.52. The second-order valence-electron chi connectivity index (χ2n) is 6.63. The molecule has 1 N–H and O–H groups in total. The molecule has 1 aliphatic heterocycles. The fourth-order valence-corrected chi connectivity index (χ4v) is 5.33. The maximum absolute atomic E-state index is 12.4. The monoisotopic (exact) mass is 464 g/mol. The summed E-state index contributed by atoms with van der Waals surface area (Å²) in [5.74, 6) is 1.25. The largest absolute Gasteiger partial charge is 0.360 e. The zero-order valence-electron chi connectivity index (χ0n) is 16.2. The quantitative estimate of drug-likeness (QED) is 0.532. The fraction of sp³-hybridized carbons (Fsp3) is 0.389. The van der Waals surface area contributed by atoms with Crippen LogP contribution < -0.4 is 10.2 Å². The number of thiophene rings is 1. The minimum Gasteiger partial charge on any atom is -0.360 e. The van der Waals surface area contributed by atoms with E-state index < -0.39 is 0 Å². The van der Waals surface area contributed by atoms with Gasteiger partial charge in [-0.15, -0.1) is 21.5 Å². The Labute approximate surface area is 185 Å². The maximum Gasteiger partial charge on any atom is 0.236 e. The van der Waals surface area contributed by atoms with Gasteiger partial charge < -0.3 is 19.6 Å². The normalized spacial score (nSPS) is 14.2. The molecule has 1 saturated heterocycles. The summed E-state index contributed by atoms with van der Waals surface area (Å²) < 4.78 is 5.65. The third-order valence-corrected chi connectivity index (χ3v) is 7.42. The van der Waals surface area contributed by atoms with Gasteiger partial charge in [-0.2, -0.15) is 0 Å². The lowest BCUT2D eigenvalue weighted by atomic mass is 10.2. The number of nitrogens with one attached hydrogen (secondary N) is 1. The van der Waals surface area contributed by atoms with E-state index in [1.165, 1.54) is 23.1 Å². The lowest BCUT2D eigenvalue weighted by Crippen LogP contribution is -2.49. The van der Waals surface area contributed by atoms with Gasteiger partial charge in [-0.3, -0.25) is 9.59 Å². The Kier molecular flexibility index (Phi) is 6.65. The van der Waals surface area contributed by atoms with Crippen molar-refractivity contribution in [2.24, 2.45) is 0 Å². The third kappa shape index (κ3) is 5.37. The molecule has 30 heavy (non-hydrogen) atoms. The van der Waals surface area contributed by atoms with E-state index in [0.717, 1.165) is 27.4 Å². The van der Waals surface area contributed by atoms with E-state index in [0.29, 0.717) is 31.1 Å². The first kappa shape index (κ1) is 20.8. The molecule has 0 aromatic carbocycles. The highest BCUT2D eigenvalue weighted by Crippen LogP contribution is 2.28. The van der Waals surface area contributed by atoms with E-state index in [2.05, 4.69) is 25.6 Å². The van der Waals surface area contributed by atoms with Crippen LogP contribution in [0.1, 0.15) is 10.6 Å². The fourth-order valence-electron chi connectivity index (χ4n) is 2.94. The number of rotatable bonds is 7. The number of anilines is 2. The molecule has 0 bridgehead atoms. The molecule has 0 atom stereocenters. The van der Waals surface area contributed by atoms with Gasteiger partial charge in [0, 0.05) is 37.1 Å². The molecule has 2 amide bonds. The molecule has 1 fully saturated rings. The van der Waals surface area contributed by atoms with Gasteiger partial charge in [0.2, 0.25) is 16.9 Å². The molecule has 158 valence electrons. The first-order valence-corrected chi connectivity index (χ1v) is 12.0. The SMILES string of the molecule is Cc1cc(NC(=O)CSc2nnc(N3CCN(C(=O)Cc4cccs4)CC3)s2)no1. The van der Waals surface area contributed by atoms with E-state index >= 15 is 0 Å². The Morgan fingerprint density at radius 3 is 2.80 bits per heavy atom. The van der Waals surface area contributed by atoms with E-state index in [9.17, 15) is 9.59 Å². The smallest absolute Gasteiger partial charge is 0.236 e. The molecule has 4 heterocycles. The average Bonchev–Trinajstić information content (AvgIpc) is 3.49. The zero-order valence-corrected chi connectivity index (χ0v) is 18.7. The number of amides is 2. The van der Waals surface area contributed by atoms with Crippen LogP contribution in [0.3, 0.4) is 0 Å². The Bertz CT molecular complexity index is 995. The molecule has 1 aliphatic rings. The van der Waals surface area contributed by atoms with Gasteiger partial charge in [-0.1, -0.05) is 34.3 Å². The van der Waals surface area contributed by atoms with Crippen LogP contribution in [-0.4, -0.2) is 64.0 Å². The molecular weight excluding hydrogens is 444 g/mol. The Morgan fingerprint density at radius 2 is 2.10 bits per heavy atom. The lowest BCUT2D eigenvalue weighted by Gasteiger charge is -2.34. The van der Waals surface area contributed by atoms with Gasteiger partial charge in [-0.05, 0) is 18.4 Å². The molecule has 9 nitrogen and oxygen atoms in total. The summed E-state index contributed by atoms with van der Waals surface area (Å²) in [6.45, 7) is 4.56. The lowest BCUT2D eigenvalue weighted by molar-refractivity contribution is -0.130. The highest BCUT2D eigenvalue weighted by Gasteiger charge is 2.23. The maximum atomic E-state index is 12.4. The predicted molar refractivity (Wildman–Crippen MR) is 117 cm³/mol. The van der Waals surface area contributed by atoms with Crippen molar-refractivity contribution in [1.29, 1.82) is 0 Å². The topological polar surface area (TPSA) is 104 Å². The number of aromatic nitrogens is 3. The van der Waals surface area contributed by atoms with Crippen molar-refractivity contribution in [3.05, 3.63) is 34.2 Å². The molecule has 12 heteroatoms. The Hall–Kier alpha value is -2.44. The number of aryl methyl sites for hydroxylation is 1. The molecule has 0 spiro atoms. The van der Waals surface area contributed by atoms with Crippen molar-refractivity contribution in [3.63, 3.8) is 0 Å². The Balaban J connectivity index is 1.22. The third-order valence-electron chi connectivity index (χ3n) is 4.43. The summed E-state index contributed by atoms with van der Waals surface area (Å²) in [4.78, 5) is 29.6. The van der Waals surface area contributed by atoms with Crippen LogP contribution >= 0.6 is 34.4 Å². The highest BCUT2D eigenvalue weighted by atomic mass is 32.2. The second-order valence-corrected chi connectivity index (χ2v) is 9.84. The first-order valence-electron chi connectivity index (χ1n) is 9.31. The number of nitrogens with zero attached hydrogens (tertiary/aromatic N) is 5. The van der Waals surface area contributed by atoms with Crippen molar-refractivity contribution in [2.45, 2.75) is 17.7 Å². The highest BCUT2D eigenvalue weighted by molar-refractivity contribution is 8.01. The summed E-state index contributed by atoms with van der Waals surface area (Å²) in [6.07, 6.45) is 0.466. The van der Waals surface area contributed by atoms with Crippen LogP contribution in [0.4, 0.5) is 10.9 Å². The molecule has 0 radical (unpaired) electrons. The molecular formula is C18H20N6O3S3. The van der Waals surface area contributed by atoms with Crippen molar-refractivity contribution >= 4 is 57.2 Å². The summed E-state index contributed by atoms with van der Waals surface area (Å²) in [6, 6.07) is 5.62. The standard InChI is InChI=1S/C18H20N6O3S3/c1-12-9-14(22-27-12)19-15(25)11-29-18-21-20-17(30-18)24-6-4-23(5-7-24)16(26)10-13-3-2-8-28-13/h2-3,8-9H,4-7,10-11H2,1H3,(H,19,22,25). The summed E-state index contributed by atoms with van der Waals surface area (Å²) in [5.41, 5.74) is 0. The van der Waals surface area contributed by atoms with E-state index in [-0.39, 0.29) is 17.6 Å². The van der Waals surface area contributed by atoms with Crippen molar-refractivity contribution in [1.82, 2.24) is 20.3 Å². The minimum atomic E-state index is -0.178. The van der Waals surface area contributed by atoms with Crippen molar-refractivity contribution in [3.8, 4) is 0 Å².